The molecular formula is C37H37FN8O3. The molecule has 0 aliphatic carbocycles. The van der Waals surface area contributed by atoms with E-state index in [0.717, 1.165) is 18.5 Å². The molecule has 3 amide bonds. The monoisotopic (exact) mass is 660 g/mol. The van der Waals surface area contributed by atoms with Crippen molar-refractivity contribution in [2.75, 3.05) is 69.0 Å². The van der Waals surface area contributed by atoms with Gasteiger partial charge in [-0.15, -0.1) is 0 Å². The number of likely N-dealkylation sites (tertiary alicyclic amines) is 1. The smallest absolute Gasteiger partial charge is 0.323 e. The Balaban J connectivity index is 1.07. The van der Waals surface area contributed by atoms with Crippen molar-refractivity contribution in [1.82, 2.24) is 24.8 Å². The molecule has 4 heterocycles. The molecule has 3 aromatic carbocycles. The van der Waals surface area contributed by atoms with Crippen LogP contribution in [-0.4, -0.2) is 96.2 Å². The van der Waals surface area contributed by atoms with Crippen LogP contribution in [0.4, 0.5) is 26.4 Å². The Kier molecular flexibility index (Phi) is 9.14. The highest BCUT2D eigenvalue weighted by Crippen LogP contribution is 2.33. The fourth-order valence-electron chi connectivity index (χ4n) is 6.24. The normalized spacial score (nSPS) is 16.3. The number of benzene rings is 3. The number of likely N-dealkylation sites (N-methyl/N-ethyl adjacent to an activating group) is 1. The first-order valence-corrected chi connectivity index (χ1v) is 16.3. The predicted molar refractivity (Wildman–Crippen MR) is 188 cm³/mol. The molecule has 11 nitrogen and oxygen atoms in total. The van der Waals surface area contributed by atoms with Crippen molar-refractivity contribution in [1.29, 1.82) is 0 Å². The number of hydrogen-bond donors (Lipinski definition) is 2. The van der Waals surface area contributed by atoms with E-state index >= 15 is 4.39 Å². The van der Waals surface area contributed by atoms with E-state index in [0.29, 0.717) is 89.5 Å². The molecule has 0 unspecified atom stereocenters. The summed E-state index contributed by atoms with van der Waals surface area (Å²) in [6.45, 7) is 3.81. The fourth-order valence-corrected chi connectivity index (χ4v) is 6.24. The number of carbonyl (C=O) groups is 2. The number of hydrogen-bond acceptors (Lipinski definition) is 8. The molecule has 2 aromatic heterocycles. The molecule has 2 fully saturated rings. The van der Waals surface area contributed by atoms with E-state index in [1.165, 1.54) is 6.07 Å². The van der Waals surface area contributed by atoms with Crippen molar-refractivity contribution in [2.45, 2.75) is 12.5 Å². The summed E-state index contributed by atoms with van der Waals surface area (Å²) in [7, 11) is 4.06. The molecule has 0 spiro atoms. The maximum atomic E-state index is 15.4. The first-order chi connectivity index (χ1) is 23.8. The molecule has 0 bridgehead atoms. The van der Waals surface area contributed by atoms with Gasteiger partial charge < -0.3 is 30.1 Å². The molecule has 2 aliphatic rings. The number of rotatable bonds is 7. The Labute approximate surface area is 283 Å². The van der Waals surface area contributed by atoms with E-state index in [2.05, 4.69) is 25.4 Å². The minimum atomic E-state index is -0.415. The first kappa shape index (κ1) is 32.1. The van der Waals surface area contributed by atoms with Gasteiger partial charge in [0.05, 0.1) is 18.7 Å². The van der Waals surface area contributed by atoms with Crippen LogP contribution in [0.2, 0.25) is 0 Å². The summed E-state index contributed by atoms with van der Waals surface area (Å²) in [5, 5.41) is 6.30. The van der Waals surface area contributed by atoms with Crippen LogP contribution in [-0.2, 0) is 4.74 Å². The highest BCUT2D eigenvalue weighted by molar-refractivity contribution is 6.01. The lowest BCUT2D eigenvalue weighted by Gasteiger charge is -2.29. The second kappa shape index (κ2) is 14.0. The Morgan fingerprint density at radius 2 is 1.61 bits per heavy atom. The molecule has 5 aromatic rings. The minimum Gasteiger partial charge on any atom is -0.378 e. The molecule has 49 heavy (non-hydrogen) atoms. The third-order valence-corrected chi connectivity index (χ3v) is 9.02. The summed E-state index contributed by atoms with van der Waals surface area (Å²) in [4.78, 5) is 45.8. The van der Waals surface area contributed by atoms with E-state index in [9.17, 15) is 9.59 Å². The van der Waals surface area contributed by atoms with Gasteiger partial charge in [0.1, 0.15) is 11.6 Å². The van der Waals surface area contributed by atoms with E-state index in [4.69, 9.17) is 14.7 Å². The summed E-state index contributed by atoms with van der Waals surface area (Å²) in [5.41, 5.74) is 4.16. The number of morpholine rings is 1. The van der Waals surface area contributed by atoms with Gasteiger partial charge in [-0.05, 0) is 87.2 Å². The van der Waals surface area contributed by atoms with Gasteiger partial charge in [-0.2, -0.15) is 0 Å². The third-order valence-electron chi connectivity index (χ3n) is 9.02. The SMILES string of the molecule is CN(C)[C@H]1CCN(C(=O)c2ccc(NC(=O)Nc3ccc(-c4nc(N5CCOCC5)c5cc(F)c(-c6cccnc6)cc5n4)cc3)cc2)C1. The van der Waals surface area contributed by atoms with Crippen molar-refractivity contribution in [2.24, 2.45) is 0 Å². The number of anilines is 3. The molecule has 250 valence electrons. The highest BCUT2D eigenvalue weighted by Gasteiger charge is 2.28. The van der Waals surface area contributed by atoms with Gasteiger partial charge in [0.2, 0.25) is 0 Å². The summed E-state index contributed by atoms with van der Waals surface area (Å²) < 4.78 is 21.0. The average Bonchev–Trinajstić information content (AvgIpc) is 3.63. The van der Waals surface area contributed by atoms with Crippen LogP contribution in [0.25, 0.3) is 33.4 Å². The second-order valence-corrected chi connectivity index (χ2v) is 12.5. The van der Waals surface area contributed by atoms with Gasteiger partial charge in [0.25, 0.3) is 5.91 Å². The van der Waals surface area contributed by atoms with E-state index in [1.54, 1.807) is 60.9 Å². The van der Waals surface area contributed by atoms with E-state index < -0.39 is 6.03 Å². The summed E-state index contributed by atoms with van der Waals surface area (Å²) in [6.07, 6.45) is 4.24. The number of ether oxygens (including phenoxy) is 1. The maximum Gasteiger partial charge on any atom is 0.323 e. The summed E-state index contributed by atoms with van der Waals surface area (Å²) in [5.74, 6) is 0.751. The van der Waals surface area contributed by atoms with Crippen molar-refractivity contribution in [3.05, 3.63) is 96.6 Å². The quantitative estimate of drug-likeness (QED) is 0.227. The number of halogens is 1. The summed E-state index contributed by atoms with van der Waals surface area (Å²) >= 11 is 0. The van der Waals surface area contributed by atoms with E-state index in [1.807, 2.05) is 37.2 Å². The number of aromatic nitrogens is 3. The Bertz CT molecular complexity index is 1970. The predicted octanol–water partition coefficient (Wildman–Crippen LogP) is 5.75. The zero-order valence-corrected chi connectivity index (χ0v) is 27.4. The van der Waals surface area contributed by atoms with Crippen LogP contribution in [0.1, 0.15) is 16.8 Å². The van der Waals surface area contributed by atoms with Crippen LogP contribution in [0.3, 0.4) is 0 Å². The average molecular weight is 661 g/mol. The Morgan fingerprint density at radius 3 is 2.27 bits per heavy atom. The molecule has 7 rings (SSSR count). The number of pyridine rings is 1. The maximum absolute atomic E-state index is 15.4. The van der Waals surface area contributed by atoms with Crippen LogP contribution < -0.4 is 15.5 Å². The van der Waals surface area contributed by atoms with Crippen LogP contribution in [0.15, 0.2) is 85.2 Å². The lowest BCUT2D eigenvalue weighted by molar-refractivity contribution is 0.0783. The molecule has 0 saturated carbocycles. The van der Waals surface area contributed by atoms with Crippen LogP contribution in [0.5, 0.6) is 0 Å². The highest BCUT2D eigenvalue weighted by atomic mass is 19.1. The molecule has 2 aliphatic heterocycles. The number of fused-ring (bicyclic) bond motifs is 1. The van der Waals surface area contributed by atoms with Gasteiger partial charge in [0.15, 0.2) is 5.82 Å². The van der Waals surface area contributed by atoms with Gasteiger partial charge >= 0.3 is 6.03 Å². The van der Waals surface area contributed by atoms with Gasteiger partial charge in [0, 0.05) is 83.6 Å². The van der Waals surface area contributed by atoms with E-state index in [-0.39, 0.29) is 11.7 Å². The molecule has 1 atom stereocenters. The van der Waals surface area contributed by atoms with Crippen molar-refractivity contribution in [3.63, 3.8) is 0 Å². The minimum absolute atomic E-state index is 0.00556. The molecule has 2 N–H and O–H groups in total. The largest absolute Gasteiger partial charge is 0.378 e. The number of amides is 3. The zero-order valence-electron chi connectivity index (χ0n) is 27.4. The fraction of sp³-hybridized carbons (Fsp3) is 0.270. The molecular weight excluding hydrogens is 623 g/mol. The molecule has 12 heteroatoms. The van der Waals surface area contributed by atoms with Crippen LogP contribution in [0, 0.1) is 5.82 Å². The van der Waals surface area contributed by atoms with Gasteiger partial charge in [-0.3, -0.25) is 9.78 Å². The number of urea groups is 1. The second-order valence-electron chi connectivity index (χ2n) is 12.5. The van der Waals surface area contributed by atoms with Gasteiger partial charge in [-0.1, -0.05) is 6.07 Å². The lowest BCUT2D eigenvalue weighted by Crippen LogP contribution is -2.37. The molecule has 2 saturated heterocycles. The summed E-state index contributed by atoms with van der Waals surface area (Å²) in [6, 6.07) is 20.9. The standard InChI is InChI=1S/C37H37FN8O3/c1-44(2)29-13-15-46(23-29)36(47)25-7-11-28(12-8-25)41-37(48)40-27-9-5-24(6-10-27)34-42-33-21-30(26-4-3-14-39-22-26)32(38)20-31(33)35(43-34)45-16-18-49-19-17-45/h3-12,14,20-22,29H,13,15-19,23H2,1-2H3,(H2,40,41,48)/t29-/m0/s1. The van der Waals surface area contributed by atoms with Crippen molar-refractivity contribution < 1.29 is 18.7 Å². The lowest BCUT2D eigenvalue weighted by atomic mass is 10.0. The number of carbonyl (C=O) groups excluding carboxylic acids is 2. The van der Waals surface area contributed by atoms with Gasteiger partial charge in [-0.25, -0.2) is 19.2 Å². The number of nitrogens with one attached hydrogen (secondary N) is 2. The van der Waals surface area contributed by atoms with Crippen molar-refractivity contribution >= 4 is 40.0 Å². The van der Waals surface area contributed by atoms with Crippen LogP contribution >= 0.6 is 0 Å². The van der Waals surface area contributed by atoms with Crippen molar-refractivity contribution in [3.8, 4) is 22.5 Å². The first-order valence-electron chi connectivity index (χ1n) is 16.3. The zero-order chi connectivity index (χ0) is 33.9. The topological polar surface area (TPSA) is 116 Å². The third kappa shape index (κ3) is 7.06. The number of nitrogens with zero attached hydrogens (tertiary/aromatic N) is 6. The Hall–Kier alpha value is -5.46. The Morgan fingerprint density at radius 1 is 0.898 bits per heavy atom. The molecule has 0 radical (unpaired) electrons.